The van der Waals surface area contributed by atoms with Crippen LogP contribution in [-0.4, -0.2) is 9.13 Å². The summed E-state index contributed by atoms with van der Waals surface area (Å²) in [5.41, 5.74) is 14.5. The fourth-order valence-electron chi connectivity index (χ4n) is 8.66. The molecule has 2 heterocycles. The second-order valence-corrected chi connectivity index (χ2v) is 14.1. The van der Waals surface area contributed by atoms with Crippen LogP contribution in [0, 0.1) is 0 Å². The molecule has 0 saturated carbocycles. The first kappa shape index (κ1) is 30.5. The minimum absolute atomic E-state index is 1.16. The Hall–Kier alpha value is -7.16. The van der Waals surface area contributed by atoms with Gasteiger partial charge in [0.25, 0.3) is 0 Å². The second-order valence-electron chi connectivity index (χ2n) is 14.1. The van der Waals surface area contributed by atoms with Crippen molar-refractivity contribution in [1.82, 2.24) is 9.13 Å². The van der Waals surface area contributed by atoms with Crippen molar-refractivity contribution >= 4 is 54.4 Å². The molecule has 11 rings (SSSR count). The fraction of sp³-hybridized carbons (Fsp3) is 0. The molecule has 9 aromatic carbocycles. The first-order valence-corrected chi connectivity index (χ1v) is 18.6. The Morgan fingerprint density at radius 3 is 1.67 bits per heavy atom. The highest BCUT2D eigenvalue weighted by molar-refractivity contribution is 6.17. The number of hydrogen-bond donors (Lipinski definition) is 0. The van der Waals surface area contributed by atoms with Gasteiger partial charge in [-0.05, 0) is 99.4 Å². The number of para-hydroxylation sites is 2. The fourth-order valence-corrected chi connectivity index (χ4v) is 8.66. The molecular weight excluding hydrogens is 653 g/mol. The molecule has 0 radical (unpaired) electrons. The number of benzene rings is 9. The van der Waals surface area contributed by atoms with Crippen LogP contribution in [0.15, 0.2) is 206 Å². The third-order valence-electron chi connectivity index (χ3n) is 11.1. The van der Waals surface area contributed by atoms with Crippen molar-refractivity contribution in [3.63, 3.8) is 0 Å². The van der Waals surface area contributed by atoms with Gasteiger partial charge in [0.05, 0.1) is 27.8 Å². The third kappa shape index (κ3) is 4.74. The van der Waals surface area contributed by atoms with Crippen LogP contribution in [0.2, 0.25) is 0 Å². The lowest BCUT2D eigenvalue weighted by Crippen LogP contribution is -1.95. The van der Waals surface area contributed by atoms with Gasteiger partial charge in [-0.15, -0.1) is 0 Å². The predicted octanol–water partition coefficient (Wildman–Crippen LogP) is 14.0. The zero-order chi connectivity index (χ0) is 35.6. The molecule has 0 aliphatic heterocycles. The lowest BCUT2D eigenvalue weighted by molar-refractivity contribution is 1.18. The molecule has 252 valence electrons. The maximum absolute atomic E-state index is 2.43. The molecule has 0 fully saturated rings. The van der Waals surface area contributed by atoms with Crippen LogP contribution in [0.1, 0.15) is 0 Å². The number of aromatic nitrogens is 2. The predicted molar refractivity (Wildman–Crippen MR) is 229 cm³/mol. The topological polar surface area (TPSA) is 9.86 Å². The highest BCUT2D eigenvalue weighted by atomic mass is 15.0. The van der Waals surface area contributed by atoms with Gasteiger partial charge in [-0.2, -0.15) is 0 Å². The van der Waals surface area contributed by atoms with Crippen molar-refractivity contribution in [2.45, 2.75) is 0 Å². The van der Waals surface area contributed by atoms with E-state index >= 15 is 0 Å². The molecule has 0 saturated heterocycles. The summed E-state index contributed by atoms with van der Waals surface area (Å²) in [6.07, 6.45) is 0. The van der Waals surface area contributed by atoms with Crippen molar-refractivity contribution in [2.24, 2.45) is 0 Å². The quantitative estimate of drug-likeness (QED) is 0.171. The number of rotatable bonds is 5. The molecule has 0 aliphatic carbocycles. The van der Waals surface area contributed by atoms with Gasteiger partial charge in [-0.3, -0.25) is 0 Å². The van der Waals surface area contributed by atoms with E-state index in [1.54, 1.807) is 0 Å². The van der Waals surface area contributed by atoms with Gasteiger partial charge in [0.15, 0.2) is 0 Å². The van der Waals surface area contributed by atoms with Crippen LogP contribution >= 0.6 is 0 Å². The third-order valence-corrected chi connectivity index (χ3v) is 11.1. The average Bonchev–Trinajstić information content (AvgIpc) is 3.76. The lowest BCUT2D eigenvalue weighted by Gasteiger charge is -2.12. The van der Waals surface area contributed by atoms with Crippen LogP contribution in [0.3, 0.4) is 0 Å². The van der Waals surface area contributed by atoms with E-state index in [1.807, 2.05) is 0 Å². The van der Waals surface area contributed by atoms with Gasteiger partial charge in [0, 0.05) is 32.6 Å². The first-order chi connectivity index (χ1) is 26.8. The van der Waals surface area contributed by atoms with Gasteiger partial charge < -0.3 is 9.13 Å². The number of fused-ring (bicyclic) bond motifs is 7. The Morgan fingerprint density at radius 2 is 0.833 bits per heavy atom. The van der Waals surface area contributed by atoms with E-state index in [2.05, 4.69) is 215 Å². The Morgan fingerprint density at radius 1 is 0.278 bits per heavy atom. The molecule has 0 spiro atoms. The monoisotopic (exact) mass is 686 g/mol. The molecule has 11 aromatic rings. The number of hydrogen-bond acceptors (Lipinski definition) is 0. The van der Waals surface area contributed by atoms with Gasteiger partial charge in [0.1, 0.15) is 0 Å². The van der Waals surface area contributed by atoms with E-state index in [9.17, 15) is 0 Å². The van der Waals surface area contributed by atoms with Crippen molar-refractivity contribution in [1.29, 1.82) is 0 Å². The molecule has 0 aliphatic rings. The van der Waals surface area contributed by atoms with E-state index in [-0.39, 0.29) is 0 Å². The molecule has 0 amide bonds. The smallest absolute Gasteiger partial charge is 0.0547 e. The van der Waals surface area contributed by atoms with Crippen molar-refractivity contribution < 1.29 is 0 Å². The summed E-state index contributed by atoms with van der Waals surface area (Å²) in [6.45, 7) is 0. The summed E-state index contributed by atoms with van der Waals surface area (Å²) in [7, 11) is 0. The molecule has 54 heavy (non-hydrogen) atoms. The highest BCUT2D eigenvalue weighted by Crippen LogP contribution is 2.42. The summed E-state index contributed by atoms with van der Waals surface area (Å²) in [6, 6.07) is 75.2. The van der Waals surface area contributed by atoms with E-state index in [0.29, 0.717) is 0 Å². The summed E-state index contributed by atoms with van der Waals surface area (Å²) in [5.74, 6) is 0. The zero-order valence-corrected chi connectivity index (χ0v) is 29.5. The van der Waals surface area contributed by atoms with Gasteiger partial charge in [-0.25, -0.2) is 0 Å². The second kappa shape index (κ2) is 12.2. The zero-order valence-electron chi connectivity index (χ0n) is 29.5. The molecule has 0 unspecified atom stereocenters. The van der Waals surface area contributed by atoms with Crippen molar-refractivity contribution in [3.8, 4) is 44.8 Å². The molecule has 2 heteroatoms. The van der Waals surface area contributed by atoms with E-state index in [0.717, 1.165) is 5.69 Å². The molecule has 2 nitrogen and oxygen atoms in total. The molecule has 0 bridgehead atoms. The van der Waals surface area contributed by atoms with Crippen LogP contribution in [0.4, 0.5) is 0 Å². The Kier molecular flexibility index (Phi) is 6.90. The molecule has 0 atom stereocenters. The molecular formula is C52H34N2. The maximum atomic E-state index is 2.43. The minimum Gasteiger partial charge on any atom is -0.309 e. The normalized spacial score (nSPS) is 11.7. The summed E-state index contributed by atoms with van der Waals surface area (Å²) in [4.78, 5) is 0. The van der Waals surface area contributed by atoms with Gasteiger partial charge in [0.2, 0.25) is 0 Å². The van der Waals surface area contributed by atoms with E-state index < -0.39 is 0 Å². The van der Waals surface area contributed by atoms with E-state index in [1.165, 1.54) is 93.5 Å². The molecule has 2 aromatic heterocycles. The van der Waals surface area contributed by atoms with Crippen LogP contribution < -0.4 is 0 Å². The minimum atomic E-state index is 1.16. The highest BCUT2D eigenvalue weighted by Gasteiger charge is 2.19. The lowest BCUT2D eigenvalue weighted by atomic mass is 9.95. The van der Waals surface area contributed by atoms with Gasteiger partial charge in [-0.1, -0.05) is 146 Å². The molecule has 0 N–H and O–H groups in total. The van der Waals surface area contributed by atoms with Crippen molar-refractivity contribution in [3.05, 3.63) is 206 Å². The van der Waals surface area contributed by atoms with Gasteiger partial charge >= 0.3 is 0 Å². The largest absolute Gasteiger partial charge is 0.309 e. The Labute approximate surface area is 313 Å². The maximum Gasteiger partial charge on any atom is 0.0547 e. The summed E-state index contributed by atoms with van der Waals surface area (Å²) < 4.78 is 4.85. The average molecular weight is 687 g/mol. The SMILES string of the molecule is c1ccc(-c2cccc(-c3cccc4c3c3cc(-c5ccc6c(c5)c5ccccc5n6-c5cccc6ccccc56)ccc3n4-c3ccccc3)c2)cc1. The summed E-state index contributed by atoms with van der Waals surface area (Å²) >= 11 is 0. The summed E-state index contributed by atoms with van der Waals surface area (Å²) in [5, 5.41) is 7.50. The van der Waals surface area contributed by atoms with Crippen molar-refractivity contribution in [2.75, 3.05) is 0 Å². The first-order valence-electron chi connectivity index (χ1n) is 18.6. The van der Waals surface area contributed by atoms with Crippen LogP contribution in [0.25, 0.3) is 99.1 Å². The standard InChI is InChI=1S/C52H34N2/c1-3-14-35(15-4-1)37-18-11-19-40(32-37)43-24-13-27-51-52(43)46-34-39(29-31-50(46)53(51)41-20-5-2-6-21-41)38-28-30-49-45(33-38)44-23-9-10-25-48(44)54(49)47-26-12-17-36-16-7-8-22-42(36)47/h1-34H. The van der Waals surface area contributed by atoms with Crippen LogP contribution in [-0.2, 0) is 0 Å². The van der Waals surface area contributed by atoms with Crippen LogP contribution in [0.5, 0.6) is 0 Å². The Bertz CT molecular complexity index is 3200. The Balaban J connectivity index is 1.14. The number of nitrogens with zero attached hydrogens (tertiary/aromatic N) is 2. The van der Waals surface area contributed by atoms with E-state index in [4.69, 9.17) is 0 Å².